The van der Waals surface area contributed by atoms with Gasteiger partial charge in [0.05, 0.1) is 19.5 Å². The fourth-order valence-electron chi connectivity index (χ4n) is 0.365. The van der Waals surface area contributed by atoms with Crippen LogP contribution in [0.3, 0.4) is 0 Å². The largest absolute Gasteiger partial charge is 0.383 e. The van der Waals surface area contributed by atoms with Gasteiger partial charge in [0, 0.05) is 21.2 Å². The van der Waals surface area contributed by atoms with Crippen molar-refractivity contribution in [2.45, 2.75) is 0 Å². The van der Waals surface area contributed by atoms with Crippen LogP contribution in [0.4, 0.5) is 0 Å². The van der Waals surface area contributed by atoms with Crippen molar-refractivity contribution >= 4 is 6.34 Å². The van der Waals surface area contributed by atoms with Crippen LogP contribution in [0.25, 0.3) is 0 Å². The van der Waals surface area contributed by atoms with Gasteiger partial charge < -0.3 is 9.64 Å². The van der Waals surface area contributed by atoms with Crippen LogP contribution in [0.2, 0.25) is 0 Å². The third-order valence-corrected chi connectivity index (χ3v) is 0.737. The minimum absolute atomic E-state index is 0.699. The van der Waals surface area contributed by atoms with E-state index in [0.717, 1.165) is 6.54 Å². The van der Waals surface area contributed by atoms with E-state index in [1.54, 1.807) is 13.4 Å². The normalized spacial score (nSPS) is 10.6. The van der Waals surface area contributed by atoms with Crippen LogP contribution >= 0.6 is 0 Å². The van der Waals surface area contributed by atoms with Crippen LogP contribution in [-0.2, 0) is 4.74 Å². The highest BCUT2D eigenvalue weighted by Gasteiger charge is 1.77. The molecular formula is C6H14N2O. The van der Waals surface area contributed by atoms with Gasteiger partial charge in [-0.05, 0) is 0 Å². The van der Waals surface area contributed by atoms with Gasteiger partial charge in [0.1, 0.15) is 0 Å². The van der Waals surface area contributed by atoms with Crippen LogP contribution in [0.5, 0.6) is 0 Å². The Hall–Kier alpha value is -0.570. The maximum Gasteiger partial charge on any atom is 0.0845 e. The van der Waals surface area contributed by atoms with Gasteiger partial charge in [-0.1, -0.05) is 0 Å². The van der Waals surface area contributed by atoms with Crippen LogP contribution in [0.1, 0.15) is 0 Å². The Balaban J connectivity index is 3.04. The summed E-state index contributed by atoms with van der Waals surface area (Å²) in [6.45, 7) is 1.44. The summed E-state index contributed by atoms with van der Waals surface area (Å²) in [5.74, 6) is 0. The van der Waals surface area contributed by atoms with Gasteiger partial charge in [-0.2, -0.15) is 0 Å². The molecule has 0 aromatic carbocycles. The molecular weight excluding hydrogens is 116 g/mol. The van der Waals surface area contributed by atoms with E-state index in [1.165, 1.54) is 0 Å². The van der Waals surface area contributed by atoms with Crippen molar-refractivity contribution in [1.29, 1.82) is 0 Å². The highest BCUT2D eigenvalue weighted by atomic mass is 16.5. The molecule has 0 aliphatic carbocycles. The number of nitrogens with zero attached hydrogens (tertiary/aromatic N) is 2. The summed E-state index contributed by atoms with van der Waals surface area (Å²) in [5.41, 5.74) is 0. The second-order valence-corrected chi connectivity index (χ2v) is 1.98. The van der Waals surface area contributed by atoms with Gasteiger partial charge >= 0.3 is 0 Å². The average Bonchev–Trinajstić information content (AvgIpc) is 1.80. The van der Waals surface area contributed by atoms with E-state index in [0.29, 0.717) is 6.61 Å². The van der Waals surface area contributed by atoms with Crippen molar-refractivity contribution in [3.8, 4) is 0 Å². The van der Waals surface area contributed by atoms with E-state index in [1.807, 2.05) is 19.0 Å². The molecule has 0 bridgehead atoms. The van der Waals surface area contributed by atoms with Gasteiger partial charge in [-0.25, -0.2) is 0 Å². The topological polar surface area (TPSA) is 24.8 Å². The smallest absolute Gasteiger partial charge is 0.0845 e. The number of ether oxygens (including phenoxy) is 1. The molecule has 0 aromatic heterocycles. The van der Waals surface area contributed by atoms with Crippen molar-refractivity contribution in [1.82, 2.24) is 4.90 Å². The van der Waals surface area contributed by atoms with Gasteiger partial charge in [-0.15, -0.1) is 0 Å². The lowest BCUT2D eigenvalue weighted by Gasteiger charge is -2.01. The number of methoxy groups -OCH3 is 1. The lowest BCUT2D eigenvalue weighted by Crippen LogP contribution is -2.08. The van der Waals surface area contributed by atoms with E-state index in [9.17, 15) is 0 Å². The summed E-state index contributed by atoms with van der Waals surface area (Å²) in [6.07, 6.45) is 1.78. The second-order valence-electron chi connectivity index (χ2n) is 1.98. The Morgan fingerprint density at radius 1 is 1.56 bits per heavy atom. The van der Waals surface area contributed by atoms with Crippen molar-refractivity contribution < 1.29 is 4.74 Å². The van der Waals surface area contributed by atoms with Crippen molar-refractivity contribution in [3.05, 3.63) is 0 Å². The molecule has 3 nitrogen and oxygen atoms in total. The predicted molar refractivity (Wildman–Crippen MR) is 38.9 cm³/mol. The maximum atomic E-state index is 4.79. The Morgan fingerprint density at radius 2 is 2.22 bits per heavy atom. The number of rotatable bonds is 4. The molecule has 0 heterocycles. The minimum Gasteiger partial charge on any atom is -0.383 e. The highest BCUT2D eigenvalue weighted by Crippen LogP contribution is 1.71. The molecule has 3 heteroatoms. The lowest BCUT2D eigenvalue weighted by atomic mass is 10.7. The third-order valence-electron chi connectivity index (χ3n) is 0.737. The summed E-state index contributed by atoms with van der Waals surface area (Å²) < 4.78 is 4.79. The van der Waals surface area contributed by atoms with Gasteiger partial charge in [0.25, 0.3) is 0 Å². The summed E-state index contributed by atoms with van der Waals surface area (Å²) in [4.78, 5) is 5.94. The summed E-state index contributed by atoms with van der Waals surface area (Å²) in [6, 6.07) is 0. The highest BCUT2D eigenvalue weighted by molar-refractivity contribution is 5.53. The molecule has 0 atom stereocenters. The van der Waals surface area contributed by atoms with Crippen molar-refractivity contribution in [3.63, 3.8) is 0 Å². The van der Waals surface area contributed by atoms with Crippen LogP contribution in [0, 0.1) is 0 Å². The maximum absolute atomic E-state index is 4.79. The Bertz CT molecular complexity index is 81.1. The monoisotopic (exact) mass is 130 g/mol. The number of hydrogen-bond donors (Lipinski definition) is 0. The molecule has 0 rings (SSSR count). The van der Waals surface area contributed by atoms with E-state index in [2.05, 4.69) is 4.99 Å². The van der Waals surface area contributed by atoms with Crippen LogP contribution in [-0.4, -0.2) is 45.6 Å². The summed E-state index contributed by atoms with van der Waals surface area (Å²) in [7, 11) is 5.55. The molecule has 0 unspecified atom stereocenters. The lowest BCUT2D eigenvalue weighted by molar-refractivity contribution is 0.208. The first-order valence-corrected chi connectivity index (χ1v) is 2.92. The SMILES string of the molecule is COCCN=CN(C)C. The molecule has 9 heavy (non-hydrogen) atoms. The molecule has 0 aliphatic rings. The standard InChI is InChI=1S/C6H14N2O/c1-8(2)6-7-4-5-9-3/h6H,4-5H2,1-3H3. The van der Waals surface area contributed by atoms with Gasteiger partial charge in [-0.3, -0.25) is 4.99 Å². The minimum atomic E-state index is 0.699. The van der Waals surface area contributed by atoms with Crippen molar-refractivity contribution in [2.75, 3.05) is 34.4 Å². The molecule has 0 N–H and O–H groups in total. The molecule has 0 saturated carbocycles. The molecule has 0 aliphatic heterocycles. The Labute approximate surface area is 56.3 Å². The zero-order chi connectivity index (χ0) is 7.11. The van der Waals surface area contributed by atoms with Crippen LogP contribution in [0.15, 0.2) is 4.99 Å². The zero-order valence-corrected chi connectivity index (χ0v) is 6.29. The first kappa shape index (κ1) is 8.43. The number of hydrogen-bond acceptors (Lipinski definition) is 2. The predicted octanol–water partition coefficient (Wildman–Crippen LogP) is 0.223. The summed E-state index contributed by atoms with van der Waals surface area (Å²) >= 11 is 0. The molecule has 0 saturated heterocycles. The van der Waals surface area contributed by atoms with Gasteiger partial charge in [0.2, 0.25) is 0 Å². The fourth-order valence-corrected chi connectivity index (χ4v) is 0.365. The Kier molecular flexibility index (Phi) is 5.21. The molecule has 0 spiro atoms. The molecule has 54 valence electrons. The van der Waals surface area contributed by atoms with Gasteiger partial charge in [0.15, 0.2) is 0 Å². The van der Waals surface area contributed by atoms with E-state index in [4.69, 9.17) is 4.74 Å². The fraction of sp³-hybridized carbons (Fsp3) is 0.833. The van der Waals surface area contributed by atoms with E-state index >= 15 is 0 Å². The van der Waals surface area contributed by atoms with E-state index in [-0.39, 0.29) is 0 Å². The first-order chi connectivity index (χ1) is 4.27. The molecule has 0 radical (unpaired) electrons. The average molecular weight is 130 g/mol. The summed E-state index contributed by atoms with van der Waals surface area (Å²) in [5, 5.41) is 0. The number of aliphatic imine (C=N–C) groups is 1. The molecule has 0 fully saturated rings. The second kappa shape index (κ2) is 5.56. The van der Waals surface area contributed by atoms with Crippen LogP contribution < -0.4 is 0 Å². The quantitative estimate of drug-likeness (QED) is 0.309. The third kappa shape index (κ3) is 7.43. The Morgan fingerprint density at radius 3 is 2.67 bits per heavy atom. The van der Waals surface area contributed by atoms with E-state index < -0.39 is 0 Å². The van der Waals surface area contributed by atoms with Crippen molar-refractivity contribution in [2.24, 2.45) is 4.99 Å². The molecule has 0 aromatic rings. The zero-order valence-electron chi connectivity index (χ0n) is 6.29. The molecule has 0 amide bonds. The first-order valence-electron chi connectivity index (χ1n) is 2.92.